The van der Waals surface area contributed by atoms with Crippen molar-refractivity contribution in [1.82, 2.24) is 9.80 Å². The maximum Gasteiger partial charge on any atom is 0.406 e. The molecular formula is C15H18F3N3O3. The number of para-hydroxylation sites is 1. The summed E-state index contributed by atoms with van der Waals surface area (Å²) in [7, 11) is 1.60. The van der Waals surface area contributed by atoms with E-state index in [2.05, 4.69) is 0 Å². The Morgan fingerprint density at radius 1 is 1.42 bits per heavy atom. The molecule has 0 spiro atoms. The summed E-state index contributed by atoms with van der Waals surface area (Å²) in [5.41, 5.74) is 0.349. The van der Waals surface area contributed by atoms with Crippen LogP contribution in [0.4, 0.5) is 18.9 Å². The lowest BCUT2D eigenvalue weighted by Gasteiger charge is -2.29. The molecule has 0 bridgehead atoms. The SMILES string of the molecule is CC(c1ccccc1[N+](=O)[O-])N(C)C1CCN(CC(F)(F)F)C1=O. The largest absolute Gasteiger partial charge is 0.406 e. The van der Waals surface area contributed by atoms with Crippen LogP contribution in [-0.4, -0.2) is 53.0 Å². The Bertz CT molecular complexity index is 636. The lowest BCUT2D eigenvalue weighted by atomic mass is 10.0. The molecule has 0 saturated carbocycles. The molecule has 1 aliphatic heterocycles. The minimum absolute atomic E-state index is 0.0248. The molecule has 1 aliphatic rings. The Hall–Kier alpha value is -2.16. The predicted octanol–water partition coefficient (Wildman–Crippen LogP) is 2.75. The Morgan fingerprint density at radius 3 is 2.62 bits per heavy atom. The first-order valence-electron chi connectivity index (χ1n) is 7.42. The van der Waals surface area contributed by atoms with E-state index in [4.69, 9.17) is 0 Å². The van der Waals surface area contributed by atoms with Crippen LogP contribution in [0, 0.1) is 10.1 Å². The summed E-state index contributed by atoms with van der Waals surface area (Å²) in [6, 6.07) is 4.95. The number of likely N-dealkylation sites (tertiary alicyclic amines) is 1. The fourth-order valence-corrected chi connectivity index (χ4v) is 2.97. The second-order valence-corrected chi connectivity index (χ2v) is 5.84. The number of rotatable bonds is 5. The number of amides is 1. The molecule has 2 atom stereocenters. The Kier molecular flexibility index (Phi) is 5.12. The molecule has 2 unspecified atom stereocenters. The molecule has 6 nitrogen and oxygen atoms in total. The highest BCUT2D eigenvalue weighted by molar-refractivity contribution is 5.84. The third-order valence-electron chi connectivity index (χ3n) is 4.33. The van der Waals surface area contributed by atoms with E-state index in [1.54, 1.807) is 37.1 Å². The van der Waals surface area contributed by atoms with Crippen molar-refractivity contribution in [1.29, 1.82) is 0 Å². The van der Waals surface area contributed by atoms with Crippen molar-refractivity contribution in [2.45, 2.75) is 31.6 Å². The maximum absolute atomic E-state index is 12.5. The number of carbonyl (C=O) groups is 1. The predicted molar refractivity (Wildman–Crippen MR) is 80.3 cm³/mol. The van der Waals surface area contributed by atoms with Crippen molar-refractivity contribution in [3.05, 3.63) is 39.9 Å². The van der Waals surface area contributed by atoms with Crippen LogP contribution in [0.25, 0.3) is 0 Å². The number of nitrogens with zero attached hydrogens (tertiary/aromatic N) is 3. The van der Waals surface area contributed by atoms with Gasteiger partial charge in [0.2, 0.25) is 5.91 Å². The first-order valence-corrected chi connectivity index (χ1v) is 7.42. The van der Waals surface area contributed by atoms with E-state index in [-0.39, 0.29) is 18.7 Å². The zero-order valence-electron chi connectivity index (χ0n) is 13.3. The highest BCUT2D eigenvalue weighted by Gasteiger charge is 2.42. The molecule has 132 valence electrons. The smallest absolute Gasteiger partial charge is 0.332 e. The lowest BCUT2D eigenvalue weighted by Crippen LogP contribution is -2.43. The number of hydrogen-bond donors (Lipinski definition) is 0. The number of likely N-dealkylation sites (N-methyl/N-ethyl adjacent to an activating group) is 1. The number of carbonyl (C=O) groups excluding carboxylic acids is 1. The zero-order chi connectivity index (χ0) is 18.1. The molecule has 0 N–H and O–H groups in total. The van der Waals surface area contributed by atoms with Crippen LogP contribution in [0.5, 0.6) is 0 Å². The topological polar surface area (TPSA) is 66.7 Å². The second-order valence-electron chi connectivity index (χ2n) is 5.84. The molecule has 1 aromatic rings. The molecule has 0 aromatic heterocycles. The standard InChI is InChI=1S/C15H18F3N3O3/c1-10(11-5-3-4-6-12(11)21(23)24)19(2)13-7-8-20(14(13)22)9-15(16,17)18/h3-6,10,13H,7-9H2,1-2H3. The first-order chi connectivity index (χ1) is 11.1. The summed E-state index contributed by atoms with van der Waals surface area (Å²) >= 11 is 0. The average molecular weight is 345 g/mol. The van der Waals surface area contributed by atoms with Crippen LogP contribution < -0.4 is 0 Å². The Labute approximate surface area is 137 Å². The molecule has 1 amide bonds. The van der Waals surface area contributed by atoms with E-state index in [9.17, 15) is 28.1 Å². The van der Waals surface area contributed by atoms with E-state index in [0.29, 0.717) is 5.56 Å². The third-order valence-corrected chi connectivity index (χ3v) is 4.33. The van der Waals surface area contributed by atoms with Crippen molar-refractivity contribution >= 4 is 11.6 Å². The number of nitro benzene ring substituents is 1. The van der Waals surface area contributed by atoms with E-state index in [0.717, 1.165) is 4.90 Å². The summed E-state index contributed by atoms with van der Waals surface area (Å²) in [5, 5.41) is 11.1. The maximum atomic E-state index is 12.5. The molecule has 2 rings (SSSR count). The summed E-state index contributed by atoms with van der Waals surface area (Å²) in [5.74, 6) is -0.597. The van der Waals surface area contributed by atoms with Gasteiger partial charge in [-0.05, 0) is 20.4 Å². The molecule has 0 aliphatic carbocycles. The van der Waals surface area contributed by atoms with Gasteiger partial charge >= 0.3 is 6.18 Å². The van der Waals surface area contributed by atoms with E-state index >= 15 is 0 Å². The lowest BCUT2D eigenvalue weighted by molar-refractivity contribution is -0.386. The van der Waals surface area contributed by atoms with Gasteiger partial charge in [0.15, 0.2) is 0 Å². The van der Waals surface area contributed by atoms with Crippen LogP contribution in [0.2, 0.25) is 0 Å². The van der Waals surface area contributed by atoms with Crippen LogP contribution >= 0.6 is 0 Å². The van der Waals surface area contributed by atoms with Gasteiger partial charge in [0.05, 0.1) is 11.0 Å². The van der Waals surface area contributed by atoms with Crippen molar-refractivity contribution in [2.75, 3.05) is 20.1 Å². The zero-order valence-corrected chi connectivity index (χ0v) is 13.3. The van der Waals surface area contributed by atoms with Crippen molar-refractivity contribution < 1.29 is 22.9 Å². The van der Waals surface area contributed by atoms with Crippen LogP contribution in [0.15, 0.2) is 24.3 Å². The quantitative estimate of drug-likeness (QED) is 0.608. The van der Waals surface area contributed by atoms with Gasteiger partial charge in [0.1, 0.15) is 6.54 Å². The highest BCUT2D eigenvalue weighted by atomic mass is 19.4. The second kappa shape index (κ2) is 6.76. The van der Waals surface area contributed by atoms with Gasteiger partial charge < -0.3 is 4.90 Å². The first kappa shape index (κ1) is 18.2. The summed E-state index contributed by atoms with van der Waals surface area (Å²) in [6.45, 7) is 0.453. The summed E-state index contributed by atoms with van der Waals surface area (Å²) in [4.78, 5) is 25.2. The number of benzene rings is 1. The molecule has 24 heavy (non-hydrogen) atoms. The number of nitro groups is 1. The molecule has 9 heteroatoms. The molecular weight excluding hydrogens is 327 g/mol. The van der Waals surface area contributed by atoms with Crippen molar-refractivity contribution in [3.8, 4) is 0 Å². The van der Waals surface area contributed by atoms with Crippen LogP contribution in [0.1, 0.15) is 24.9 Å². The van der Waals surface area contributed by atoms with Crippen LogP contribution in [0.3, 0.4) is 0 Å². The number of halogens is 3. The third kappa shape index (κ3) is 3.84. The van der Waals surface area contributed by atoms with E-state index in [1.165, 1.54) is 6.07 Å². The Morgan fingerprint density at radius 2 is 2.04 bits per heavy atom. The van der Waals surface area contributed by atoms with Crippen molar-refractivity contribution in [3.63, 3.8) is 0 Å². The molecule has 1 fully saturated rings. The fourth-order valence-electron chi connectivity index (χ4n) is 2.97. The van der Waals surface area contributed by atoms with Gasteiger partial charge in [-0.1, -0.05) is 18.2 Å². The van der Waals surface area contributed by atoms with Gasteiger partial charge in [-0.25, -0.2) is 0 Å². The molecule has 0 radical (unpaired) electrons. The fraction of sp³-hybridized carbons (Fsp3) is 0.533. The van der Waals surface area contributed by atoms with Gasteiger partial charge in [-0.3, -0.25) is 19.8 Å². The molecule has 1 heterocycles. The number of hydrogen-bond acceptors (Lipinski definition) is 4. The number of alkyl halides is 3. The summed E-state index contributed by atoms with van der Waals surface area (Å²) < 4.78 is 37.5. The minimum Gasteiger partial charge on any atom is -0.332 e. The van der Waals surface area contributed by atoms with Gasteiger partial charge in [-0.2, -0.15) is 13.2 Å². The molecule has 1 saturated heterocycles. The van der Waals surface area contributed by atoms with Gasteiger partial charge in [-0.15, -0.1) is 0 Å². The van der Waals surface area contributed by atoms with E-state index in [1.807, 2.05) is 0 Å². The van der Waals surface area contributed by atoms with Crippen LogP contribution in [-0.2, 0) is 4.79 Å². The monoisotopic (exact) mass is 345 g/mol. The normalized spacial score (nSPS) is 19.8. The molecule has 1 aromatic carbocycles. The summed E-state index contributed by atoms with van der Waals surface area (Å²) in [6.07, 6.45) is -4.18. The van der Waals surface area contributed by atoms with E-state index < -0.39 is 35.6 Å². The van der Waals surface area contributed by atoms with Gasteiger partial charge in [0.25, 0.3) is 5.69 Å². The van der Waals surface area contributed by atoms with Gasteiger partial charge in [0, 0.05) is 24.2 Å². The average Bonchev–Trinajstić information content (AvgIpc) is 2.85. The minimum atomic E-state index is -4.44. The van der Waals surface area contributed by atoms with Crippen molar-refractivity contribution in [2.24, 2.45) is 0 Å². The Balaban J connectivity index is 2.16. The highest BCUT2D eigenvalue weighted by Crippen LogP contribution is 2.32.